The summed E-state index contributed by atoms with van der Waals surface area (Å²) in [6.45, 7) is 3.15. The number of ether oxygens (including phenoxy) is 1. The first-order valence-corrected chi connectivity index (χ1v) is 11.2. The van der Waals surface area contributed by atoms with E-state index in [9.17, 15) is 9.59 Å². The van der Waals surface area contributed by atoms with Crippen molar-refractivity contribution in [1.82, 2.24) is 0 Å². The number of amides is 2. The summed E-state index contributed by atoms with van der Waals surface area (Å²) in [6, 6.07) is 19.4. The van der Waals surface area contributed by atoms with Crippen LogP contribution >= 0.6 is 11.6 Å². The van der Waals surface area contributed by atoms with Crippen molar-refractivity contribution in [2.24, 2.45) is 5.92 Å². The molecule has 164 valence electrons. The van der Waals surface area contributed by atoms with Crippen molar-refractivity contribution < 1.29 is 14.3 Å². The zero-order valence-electron chi connectivity index (χ0n) is 17.6. The number of morpholine rings is 1. The predicted octanol–water partition coefficient (Wildman–Crippen LogP) is 4.32. The normalized spacial score (nSPS) is 18.9. The lowest BCUT2D eigenvalue weighted by Gasteiger charge is -2.30. The molecule has 2 amide bonds. The molecule has 0 aromatic heterocycles. The molecule has 1 N–H and O–H groups in total. The van der Waals surface area contributed by atoms with Crippen LogP contribution in [0.3, 0.4) is 0 Å². The van der Waals surface area contributed by atoms with Crippen molar-refractivity contribution in [2.75, 3.05) is 48.0 Å². The van der Waals surface area contributed by atoms with E-state index in [1.165, 1.54) is 0 Å². The summed E-state index contributed by atoms with van der Waals surface area (Å²) in [5.41, 5.74) is 2.43. The number of benzene rings is 3. The molecule has 32 heavy (non-hydrogen) atoms. The highest BCUT2D eigenvalue weighted by Crippen LogP contribution is 2.34. The summed E-state index contributed by atoms with van der Waals surface area (Å²) < 4.78 is 5.45. The minimum Gasteiger partial charge on any atom is -0.378 e. The fourth-order valence-corrected chi connectivity index (χ4v) is 4.66. The summed E-state index contributed by atoms with van der Waals surface area (Å²) in [4.78, 5) is 29.9. The van der Waals surface area contributed by atoms with E-state index in [0.717, 1.165) is 35.2 Å². The summed E-state index contributed by atoms with van der Waals surface area (Å²) in [7, 11) is 0. The number of nitrogens with zero attached hydrogens (tertiary/aromatic N) is 2. The highest BCUT2D eigenvalue weighted by atomic mass is 35.5. The van der Waals surface area contributed by atoms with E-state index in [4.69, 9.17) is 16.3 Å². The molecule has 7 heteroatoms. The molecule has 6 nitrogen and oxygen atoms in total. The van der Waals surface area contributed by atoms with Gasteiger partial charge in [-0.1, -0.05) is 48.0 Å². The van der Waals surface area contributed by atoms with Crippen molar-refractivity contribution >= 4 is 51.2 Å². The molecule has 3 aromatic carbocycles. The van der Waals surface area contributed by atoms with Crippen molar-refractivity contribution in [1.29, 1.82) is 0 Å². The number of fused-ring (bicyclic) bond motifs is 1. The van der Waals surface area contributed by atoms with Gasteiger partial charge >= 0.3 is 0 Å². The molecule has 2 aliphatic heterocycles. The Hall–Kier alpha value is -3.09. The van der Waals surface area contributed by atoms with Gasteiger partial charge in [-0.25, -0.2) is 0 Å². The van der Waals surface area contributed by atoms with Crippen LogP contribution in [0.5, 0.6) is 0 Å². The number of carbonyl (C=O) groups excluding carboxylic acids is 2. The predicted molar refractivity (Wildman–Crippen MR) is 128 cm³/mol. The minimum atomic E-state index is -0.432. The maximum atomic E-state index is 13.2. The van der Waals surface area contributed by atoms with Crippen molar-refractivity contribution in [3.63, 3.8) is 0 Å². The third-order valence-electron chi connectivity index (χ3n) is 6.12. The molecule has 0 aliphatic carbocycles. The van der Waals surface area contributed by atoms with E-state index in [1.54, 1.807) is 11.0 Å². The van der Waals surface area contributed by atoms with Crippen LogP contribution in [0, 0.1) is 5.92 Å². The van der Waals surface area contributed by atoms with Crippen LogP contribution in [0.4, 0.5) is 17.1 Å². The fourth-order valence-electron chi connectivity index (χ4n) is 4.48. The quantitative estimate of drug-likeness (QED) is 0.644. The van der Waals surface area contributed by atoms with E-state index in [1.807, 2.05) is 54.6 Å². The van der Waals surface area contributed by atoms with Gasteiger partial charge in [0.2, 0.25) is 11.8 Å². The van der Waals surface area contributed by atoms with Gasteiger partial charge < -0.3 is 19.9 Å². The zero-order valence-corrected chi connectivity index (χ0v) is 18.3. The summed E-state index contributed by atoms with van der Waals surface area (Å²) >= 11 is 6.22. The first kappa shape index (κ1) is 20.8. The standard InChI is InChI=1S/C25H24ClN3O3/c26-19-8-9-23(28-10-12-32-13-11-28)21(15-19)27-25(31)18-14-24(30)29(16-18)22-7-3-5-17-4-1-2-6-20(17)22/h1-9,15,18H,10-14,16H2,(H,27,31)/t18-/m1/s1. The van der Waals surface area contributed by atoms with Crippen molar-refractivity contribution in [3.8, 4) is 0 Å². The third-order valence-corrected chi connectivity index (χ3v) is 6.36. The second kappa shape index (κ2) is 8.81. The van der Waals surface area contributed by atoms with E-state index in [-0.39, 0.29) is 18.2 Å². The second-order valence-electron chi connectivity index (χ2n) is 8.15. The lowest BCUT2D eigenvalue weighted by Crippen LogP contribution is -2.37. The molecule has 0 radical (unpaired) electrons. The van der Waals surface area contributed by atoms with Crippen LogP contribution in [0.15, 0.2) is 60.7 Å². The number of hydrogen-bond acceptors (Lipinski definition) is 4. The molecule has 2 fully saturated rings. The van der Waals surface area contributed by atoms with Gasteiger partial charge in [0.25, 0.3) is 0 Å². The first-order chi connectivity index (χ1) is 15.6. The summed E-state index contributed by atoms with van der Waals surface area (Å²) in [5, 5.41) is 5.67. The molecule has 2 heterocycles. The molecule has 3 aromatic rings. The average Bonchev–Trinajstić information content (AvgIpc) is 3.21. The van der Waals surface area contributed by atoms with Gasteiger partial charge in [0, 0.05) is 36.5 Å². The SMILES string of the molecule is O=C(Nc1cc(Cl)ccc1N1CCOCC1)[C@@H]1CC(=O)N(c2cccc3ccccc23)C1. The highest BCUT2D eigenvalue weighted by molar-refractivity contribution is 6.31. The van der Waals surface area contributed by atoms with Gasteiger partial charge in [-0.15, -0.1) is 0 Å². The lowest BCUT2D eigenvalue weighted by molar-refractivity contribution is -0.122. The molecular weight excluding hydrogens is 426 g/mol. The van der Waals surface area contributed by atoms with Crippen LogP contribution in [-0.2, 0) is 14.3 Å². The Kier molecular flexibility index (Phi) is 5.72. The Morgan fingerprint density at radius 2 is 1.78 bits per heavy atom. The van der Waals surface area contributed by atoms with E-state index < -0.39 is 5.92 Å². The molecule has 2 saturated heterocycles. The van der Waals surface area contributed by atoms with Crippen LogP contribution in [0.1, 0.15) is 6.42 Å². The highest BCUT2D eigenvalue weighted by Gasteiger charge is 2.36. The Balaban J connectivity index is 1.36. The number of anilines is 3. The topological polar surface area (TPSA) is 61.9 Å². The minimum absolute atomic E-state index is 0.0407. The van der Waals surface area contributed by atoms with Gasteiger partial charge in [-0.2, -0.15) is 0 Å². The number of carbonyl (C=O) groups is 2. The smallest absolute Gasteiger partial charge is 0.229 e. The van der Waals surface area contributed by atoms with Crippen molar-refractivity contribution in [3.05, 3.63) is 65.7 Å². The maximum absolute atomic E-state index is 13.2. The Bertz CT molecular complexity index is 1170. The summed E-state index contributed by atoms with van der Waals surface area (Å²) in [5.74, 6) is -0.642. The van der Waals surface area contributed by atoms with Crippen LogP contribution < -0.4 is 15.1 Å². The molecule has 0 bridgehead atoms. The van der Waals surface area contributed by atoms with E-state index in [0.29, 0.717) is 30.5 Å². The van der Waals surface area contributed by atoms with Gasteiger partial charge in [0.15, 0.2) is 0 Å². The molecule has 0 unspecified atom stereocenters. The molecule has 0 spiro atoms. The van der Waals surface area contributed by atoms with Crippen LogP contribution in [-0.4, -0.2) is 44.7 Å². The summed E-state index contributed by atoms with van der Waals surface area (Å²) in [6.07, 6.45) is 0.183. The number of halogens is 1. The number of rotatable bonds is 4. The van der Waals surface area contributed by atoms with Crippen molar-refractivity contribution in [2.45, 2.75) is 6.42 Å². The third kappa shape index (κ3) is 4.04. The van der Waals surface area contributed by atoms with E-state index in [2.05, 4.69) is 10.2 Å². The molecular formula is C25H24ClN3O3. The molecule has 1 atom stereocenters. The maximum Gasteiger partial charge on any atom is 0.229 e. The Labute approximate surface area is 191 Å². The van der Waals surface area contributed by atoms with Crippen LogP contribution in [0.2, 0.25) is 5.02 Å². The van der Waals surface area contributed by atoms with E-state index >= 15 is 0 Å². The molecule has 0 saturated carbocycles. The Morgan fingerprint density at radius 1 is 1.00 bits per heavy atom. The number of nitrogens with one attached hydrogen (secondary N) is 1. The Morgan fingerprint density at radius 3 is 2.62 bits per heavy atom. The molecule has 2 aliphatic rings. The monoisotopic (exact) mass is 449 g/mol. The zero-order chi connectivity index (χ0) is 22.1. The fraction of sp³-hybridized carbons (Fsp3) is 0.280. The molecule has 5 rings (SSSR count). The van der Waals surface area contributed by atoms with Crippen LogP contribution in [0.25, 0.3) is 10.8 Å². The van der Waals surface area contributed by atoms with Gasteiger partial charge in [-0.3, -0.25) is 9.59 Å². The van der Waals surface area contributed by atoms with Gasteiger partial charge in [0.05, 0.1) is 36.2 Å². The van der Waals surface area contributed by atoms with Gasteiger partial charge in [0.1, 0.15) is 0 Å². The average molecular weight is 450 g/mol. The lowest BCUT2D eigenvalue weighted by atomic mass is 10.1. The largest absolute Gasteiger partial charge is 0.378 e. The van der Waals surface area contributed by atoms with Gasteiger partial charge in [-0.05, 0) is 29.7 Å². The number of hydrogen-bond donors (Lipinski definition) is 1. The second-order valence-corrected chi connectivity index (χ2v) is 8.59. The first-order valence-electron chi connectivity index (χ1n) is 10.8.